The molecule has 20 heavy (non-hydrogen) atoms. The first kappa shape index (κ1) is 14.2. The number of H-pyrrole nitrogens is 1. The molecule has 2 aromatic rings. The fraction of sp³-hybridized carbons (Fsp3) is 0.167. The van der Waals surface area contributed by atoms with Crippen LogP contribution in [0.2, 0.25) is 0 Å². The molecule has 0 atom stereocenters. The van der Waals surface area contributed by atoms with Gasteiger partial charge in [-0.1, -0.05) is 0 Å². The van der Waals surface area contributed by atoms with Gasteiger partial charge in [-0.15, -0.1) is 0 Å². The summed E-state index contributed by atoms with van der Waals surface area (Å²) in [6.45, 7) is 0.205. The van der Waals surface area contributed by atoms with E-state index in [-0.39, 0.29) is 17.0 Å². The Bertz CT molecular complexity index is 693. The van der Waals surface area contributed by atoms with E-state index in [2.05, 4.69) is 10.2 Å². The predicted molar refractivity (Wildman–Crippen MR) is 72.2 cm³/mol. The van der Waals surface area contributed by atoms with Crippen molar-refractivity contribution in [2.24, 2.45) is 5.73 Å². The summed E-state index contributed by atoms with van der Waals surface area (Å²) in [4.78, 5) is 11.1. The number of nitrogens with one attached hydrogen (secondary N) is 1. The van der Waals surface area contributed by atoms with Crippen LogP contribution in [0.3, 0.4) is 0 Å². The van der Waals surface area contributed by atoms with Crippen LogP contribution in [0.25, 0.3) is 0 Å². The van der Waals surface area contributed by atoms with Crippen molar-refractivity contribution in [3.63, 3.8) is 0 Å². The van der Waals surface area contributed by atoms with E-state index in [0.717, 1.165) is 5.56 Å². The molecular weight excluding hydrogens is 280 g/mol. The molecule has 0 aliphatic carbocycles. The number of amides is 1. The van der Waals surface area contributed by atoms with E-state index in [9.17, 15) is 13.2 Å². The number of benzene rings is 1. The maximum Gasteiger partial charge on any atom is 0.248 e. The van der Waals surface area contributed by atoms with Crippen LogP contribution >= 0.6 is 0 Å². The van der Waals surface area contributed by atoms with Gasteiger partial charge in [-0.25, -0.2) is 8.42 Å². The van der Waals surface area contributed by atoms with Gasteiger partial charge in [-0.2, -0.15) is 9.40 Å². The van der Waals surface area contributed by atoms with Crippen molar-refractivity contribution < 1.29 is 13.2 Å². The highest BCUT2D eigenvalue weighted by molar-refractivity contribution is 7.89. The van der Waals surface area contributed by atoms with Crippen molar-refractivity contribution in [1.29, 1.82) is 0 Å². The molecule has 0 spiro atoms. The van der Waals surface area contributed by atoms with Crippen LogP contribution in [-0.4, -0.2) is 35.9 Å². The summed E-state index contributed by atoms with van der Waals surface area (Å²) < 4.78 is 25.8. The summed E-state index contributed by atoms with van der Waals surface area (Å²) in [6.07, 6.45) is 3.18. The van der Waals surface area contributed by atoms with Gasteiger partial charge < -0.3 is 5.73 Å². The molecule has 106 valence electrons. The summed E-state index contributed by atoms with van der Waals surface area (Å²) >= 11 is 0. The first-order chi connectivity index (χ1) is 9.41. The van der Waals surface area contributed by atoms with Gasteiger partial charge in [0.25, 0.3) is 0 Å². The highest BCUT2D eigenvalue weighted by atomic mass is 32.2. The molecule has 7 nitrogen and oxygen atoms in total. The zero-order chi connectivity index (χ0) is 14.8. The second-order valence-corrected chi connectivity index (χ2v) is 6.30. The lowest BCUT2D eigenvalue weighted by atomic mass is 10.2. The van der Waals surface area contributed by atoms with Gasteiger partial charge >= 0.3 is 0 Å². The summed E-state index contributed by atoms with van der Waals surface area (Å²) in [5.41, 5.74) is 6.13. The SMILES string of the molecule is CN(Cc1cn[nH]c1)S(=O)(=O)c1ccc(C(N)=O)cc1. The number of hydrogen-bond donors (Lipinski definition) is 2. The summed E-state index contributed by atoms with van der Waals surface area (Å²) in [5.74, 6) is -0.597. The fourth-order valence-electron chi connectivity index (χ4n) is 1.68. The predicted octanol–water partition coefficient (Wildman–Crippen LogP) is 0.329. The van der Waals surface area contributed by atoms with Crippen LogP contribution in [0.5, 0.6) is 0 Å². The molecule has 0 radical (unpaired) electrons. The number of rotatable bonds is 5. The number of nitrogens with two attached hydrogens (primary N) is 1. The fourth-order valence-corrected chi connectivity index (χ4v) is 2.84. The average molecular weight is 294 g/mol. The number of primary amides is 1. The zero-order valence-electron chi connectivity index (χ0n) is 10.8. The quantitative estimate of drug-likeness (QED) is 0.828. The molecule has 0 bridgehead atoms. The zero-order valence-corrected chi connectivity index (χ0v) is 11.6. The van der Waals surface area contributed by atoms with E-state index < -0.39 is 15.9 Å². The lowest BCUT2D eigenvalue weighted by Gasteiger charge is -2.16. The minimum atomic E-state index is -3.62. The van der Waals surface area contributed by atoms with E-state index in [1.807, 2.05) is 0 Å². The second-order valence-electron chi connectivity index (χ2n) is 4.26. The van der Waals surface area contributed by atoms with Crippen LogP contribution < -0.4 is 5.73 Å². The van der Waals surface area contributed by atoms with E-state index in [4.69, 9.17) is 5.73 Å². The third-order valence-electron chi connectivity index (χ3n) is 2.81. The lowest BCUT2D eigenvalue weighted by molar-refractivity contribution is 0.1000. The average Bonchev–Trinajstić information content (AvgIpc) is 2.91. The van der Waals surface area contributed by atoms with Crippen LogP contribution in [0.4, 0.5) is 0 Å². The first-order valence-corrected chi connectivity index (χ1v) is 7.19. The Kier molecular flexibility index (Phi) is 3.86. The van der Waals surface area contributed by atoms with E-state index in [0.29, 0.717) is 0 Å². The highest BCUT2D eigenvalue weighted by Crippen LogP contribution is 2.17. The first-order valence-electron chi connectivity index (χ1n) is 5.75. The van der Waals surface area contributed by atoms with Gasteiger partial charge in [0.15, 0.2) is 0 Å². The number of sulfonamides is 1. The molecule has 0 unspecified atom stereocenters. The molecular formula is C12H14N4O3S. The summed E-state index contributed by atoms with van der Waals surface area (Å²) in [7, 11) is -2.14. The largest absolute Gasteiger partial charge is 0.366 e. The topological polar surface area (TPSA) is 109 Å². The van der Waals surface area contributed by atoms with Gasteiger partial charge in [0.1, 0.15) is 0 Å². The molecule has 1 amide bonds. The molecule has 1 heterocycles. The van der Waals surface area contributed by atoms with E-state index in [1.165, 1.54) is 35.6 Å². The van der Waals surface area contributed by atoms with Crippen molar-refractivity contribution in [3.05, 3.63) is 47.8 Å². The van der Waals surface area contributed by atoms with Crippen molar-refractivity contribution in [3.8, 4) is 0 Å². The van der Waals surface area contributed by atoms with E-state index in [1.54, 1.807) is 12.4 Å². The maximum atomic E-state index is 12.3. The standard InChI is InChI=1S/C12H14N4O3S/c1-16(8-9-6-14-15-7-9)20(18,19)11-4-2-10(3-5-11)12(13)17/h2-7H,8H2,1H3,(H2,13,17)(H,14,15). The Morgan fingerprint density at radius 1 is 1.35 bits per heavy atom. The van der Waals surface area contributed by atoms with Gasteiger partial charge in [0.05, 0.1) is 11.1 Å². The highest BCUT2D eigenvalue weighted by Gasteiger charge is 2.21. The van der Waals surface area contributed by atoms with Gasteiger partial charge in [-0.05, 0) is 24.3 Å². The molecule has 0 saturated carbocycles. The molecule has 0 fully saturated rings. The minimum Gasteiger partial charge on any atom is -0.366 e. The van der Waals surface area contributed by atoms with Gasteiger partial charge in [0, 0.05) is 30.9 Å². The number of nitrogens with zero attached hydrogens (tertiary/aromatic N) is 2. The molecule has 0 aliphatic rings. The van der Waals surface area contributed by atoms with Crippen LogP contribution in [0.1, 0.15) is 15.9 Å². The van der Waals surface area contributed by atoms with E-state index >= 15 is 0 Å². The molecule has 3 N–H and O–H groups in total. The summed E-state index contributed by atoms with van der Waals surface area (Å²) in [5, 5.41) is 6.39. The second kappa shape index (κ2) is 5.43. The maximum absolute atomic E-state index is 12.3. The van der Waals surface area contributed by atoms with Crippen LogP contribution in [0, 0.1) is 0 Å². The third kappa shape index (κ3) is 2.86. The third-order valence-corrected chi connectivity index (χ3v) is 4.62. The van der Waals surface area contributed by atoms with Crippen molar-refractivity contribution in [2.75, 3.05) is 7.05 Å². The molecule has 1 aromatic carbocycles. The minimum absolute atomic E-state index is 0.105. The van der Waals surface area contributed by atoms with Gasteiger partial charge in [-0.3, -0.25) is 9.89 Å². The monoisotopic (exact) mass is 294 g/mol. The Balaban J connectivity index is 2.23. The number of carbonyl (C=O) groups is 1. The molecule has 1 aromatic heterocycles. The number of aromatic nitrogens is 2. The number of aromatic amines is 1. The molecule has 0 saturated heterocycles. The van der Waals surface area contributed by atoms with Crippen molar-refractivity contribution in [1.82, 2.24) is 14.5 Å². The lowest BCUT2D eigenvalue weighted by Crippen LogP contribution is -2.26. The van der Waals surface area contributed by atoms with Crippen molar-refractivity contribution in [2.45, 2.75) is 11.4 Å². The normalized spacial score (nSPS) is 11.7. The molecule has 0 aliphatic heterocycles. The number of carbonyl (C=O) groups excluding carboxylic acids is 1. The van der Waals surface area contributed by atoms with Gasteiger partial charge in [0.2, 0.25) is 15.9 Å². The Labute approximate surface area is 116 Å². The van der Waals surface area contributed by atoms with Crippen LogP contribution in [0.15, 0.2) is 41.6 Å². The summed E-state index contributed by atoms with van der Waals surface area (Å²) in [6, 6.07) is 5.50. The molecule has 8 heteroatoms. The van der Waals surface area contributed by atoms with Crippen molar-refractivity contribution >= 4 is 15.9 Å². The number of hydrogen-bond acceptors (Lipinski definition) is 4. The van der Waals surface area contributed by atoms with Crippen LogP contribution in [-0.2, 0) is 16.6 Å². The Morgan fingerprint density at radius 3 is 2.50 bits per heavy atom. The Hall–Kier alpha value is -2.19. The molecule has 2 rings (SSSR count). The smallest absolute Gasteiger partial charge is 0.248 e. The Morgan fingerprint density at radius 2 is 2.00 bits per heavy atom.